The first kappa shape index (κ1) is 18.5. The molecular formula is C23H24N6O. The third kappa shape index (κ3) is 3.36. The van der Waals surface area contributed by atoms with Crippen LogP contribution >= 0.6 is 0 Å². The smallest absolute Gasteiger partial charge is 0.234 e. The summed E-state index contributed by atoms with van der Waals surface area (Å²) in [6, 6.07) is 8.22. The summed E-state index contributed by atoms with van der Waals surface area (Å²) in [6.45, 7) is 6.19. The van der Waals surface area contributed by atoms with E-state index < -0.39 is 0 Å². The number of carbonyl (C=O) groups is 1. The van der Waals surface area contributed by atoms with Crippen molar-refractivity contribution in [2.24, 2.45) is 5.92 Å². The first-order chi connectivity index (χ1) is 14.5. The Morgan fingerprint density at radius 3 is 2.77 bits per heavy atom. The van der Waals surface area contributed by atoms with E-state index in [1.165, 1.54) is 0 Å². The molecule has 1 fully saturated rings. The Morgan fingerprint density at radius 2 is 2.03 bits per heavy atom. The molecule has 7 heteroatoms. The van der Waals surface area contributed by atoms with E-state index in [4.69, 9.17) is 4.98 Å². The van der Waals surface area contributed by atoms with Gasteiger partial charge in [0.15, 0.2) is 0 Å². The Hall–Kier alpha value is -3.48. The molecule has 5 rings (SSSR count). The van der Waals surface area contributed by atoms with Crippen LogP contribution in [0.4, 0.5) is 11.6 Å². The summed E-state index contributed by atoms with van der Waals surface area (Å²) in [5, 5.41) is 8.73. The average Bonchev–Trinajstić information content (AvgIpc) is 3.31. The lowest BCUT2D eigenvalue weighted by Gasteiger charge is -2.09. The molecule has 3 aromatic heterocycles. The second kappa shape index (κ2) is 7.09. The van der Waals surface area contributed by atoms with Crippen LogP contribution in [0.15, 0.2) is 49.1 Å². The van der Waals surface area contributed by atoms with E-state index in [1.807, 2.05) is 60.7 Å². The van der Waals surface area contributed by atoms with Crippen molar-refractivity contribution in [2.45, 2.75) is 39.7 Å². The van der Waals surface area contributed by atoms with E-state index in [0.29, 0.717) is 12.0 Å². The quantitative estimate of drug-likeness (QED) is 0.511. The lowest BCUT2D eigenvalue weighted by atomic mass is 10.1. The first-order valence-corrected chi connectivity index (χ1v) is 10.3. The fourth-order valence-corrected chi connectivity index (χ4v) is 3.61. The largest absolute Gasteiger partial charge is 0.324 e. The van der Waals surface area contributed by atoms with Gasteiger partial charge in [0.1, 0.15) is 0 Å². The molecule has 0 atom stereocenters. The van der Waals surface area contributed by atoms with Crippen molar-refractivity contribution in [3.8, 4) is 11.3 Å². The van der Waals surface area contributed by atoms with Crippen LogP contribution in [-0.2, 0) is 0 Å². The molecule has 0 bridgehead atoms. The molecule has 4 aromatic rings. The predicted molar refractivity (Wildman–Crippen MR) is 117 cm³/mol. The van der Waals surface area contributed by atoms with Crippen LogP contribution in [0.25, 0.3) is 22.2 Å². The summed E-state index contributed by atoms with van der Waals surface area (Å²) in [4.78, 5) is 21.6. The van der Waals surface area contributed by atoms with Crippen LogP contribution in [0.5, 0.6) is 0 Å². The zero-order valence-corrected chi connectivity index (χ0v) is 17.3. The molecule has 1 N–H and O–H groups in total. The summed E-state index contributed by atoms with van der Waals surface area (Å²) in [5.41, 5.74) is 4.64. The van der Waals surface area contributed by atoms with E-state index in [1.54, 1.807) is 4.57 Å². The van der Waals surface area contributed by atoms with Gasteiger partial charge in [-0.25, -0.2) is 9.97 Å². The lowest BCUT2D eigenvalue weighted by molar-refractivity contribution is 0.0891. The highest BCUT2D eigenvalue weighted by atomic mass is 16.2. The Balaban J connectivity index is 1.42. The first-order valence-electron chi connectivity index (χ1n) is 10.3. The van der Waals surface area contributed by atoms with E-state index in [-0.39, 0.29) is 11.8 Å². The number of benzene rings is 1. The highest BCUT2D eigenvalue weighted by Crippen LogP contribution is 2.32. The van der Waals surface area contributed by atoms with E-state index in [9.17, 15) is 4.79 Å². The number of hydrogen-bond acceptors (Lipinski definition) is 5. The minimum atomic E-state index is 0.192. The standard InChI is InChI=1S/C23H24N6O/c1-14(2)29-13-18(12-25-29)21-15(3)11-24-23(27-21)26-19-6-7-20-17(10-19)8-9-28(20)22(30)16-4-5-16/h6-14,16H,4-5H2,1-3H3,(H,24,26,27). The summed E-state index contributed by atoms with van der Waals surface area (Å²) in [7, 11) is 0. The lowest BCUT2D eigenvalue weighted by Crippen LogP contribution is -2.10. The van der Waals surface area contributed by atoms with Gasteiger partial charge in [-0.1, -0.05) is 0 Å². The molecule has 0 saturated heterocycles. The summed E-state index contributed by atoms with van der Waals surface area (Å²) < 4.78 is 3.69. The minimum absolute atomic E-state index is 0.192. The van der Waals surface area contributed by atoms with E-state index in [0.717, 1.165) is 46.3 Å². The monoisotopic (exact) mass is 400 g/mol. The molecule has 3 heterocycles. The van der Waals surface area contributed by atoms with Crippen molar-refractivity contribution in [2.75, 3.05) is 5.32 Å². The van der Waals surface area contributed by atoms with Gasteiger partial charge in [-0.3, -0.25) is 14.0 Å². The van der Waals surface area contributed by atoms with E-state index >= 15 is 0 Å². The van der Waals surface area contributed by atoms with Crippen LogP contribution in [0.1, 0.15) is 43.1 Å². The molecule has 1 aliphatic carbocycles. The number of nitrogens with zero attached hydrogens (tertiary/aromatic N) is 5. The Labute approximate surface area is 174 Å². The molecule has 1 aliphatic rings. The third-order valence-corrected chi connectivity index (χ3v) is 5.49. The fraction of sp³-hybridized carbons (Fsp3) is 0.304. The third-order valence-electron chi connectivity index (χ3n) is 5.49. The van der Waals surface area contributed by atoms with Crippen LogP contribution < -0.4 is 5.32 Å². The number of carbonyl (C=O) groups excluding carboxylic acids is 1. The normalized spacial score (nSPS) is 13.9. The van der Waals surface area contributed by atoms with Crippen LogP contribution in [0.2, 0.25) is 0 Å². The second-order valence-electron chi connectivity index (χ2n) is 8.22. The average molecular weight is 400 g/mol. The van der Waals surface area contributed by atoms with Crippen molar-refractivity contribution in [3.63, 3.8) is 0 Å². The maximum Gasteiger partial charge on any atom is 0.234 e. The maximum absolute atomic E-state index is 12.4. The summed E-state index contributed by atoms with van der Waals surface area (Å²) >= 11 is 0. The molecule has 0 aliphatic heterocycles. The van der Waals surface area contributed by atoms with E-state index in [2.05, 4.69) is 29.2 Å². The van der Waals surface area contributed by atoms with Gasteiger partial charge in [0.2, 0.25) is 11.9 Å². The van der Waals surface area contributed by atoms with Gasteiger partial charge in [0.25, 0.3) is 0 Å². The summed E-state index contributed by atoms with van der Waals surface area (Å²) in [5.74, 6) is 0.915. The number of hydrogen-bond donors (Lipinski definition) is 1. The fourth-order valence-electron chi connectivity index (χ4n) is 3.61. The van der Waals surface area contributed by atoms with Crippen molar-refractivity contribution >= 4 is 28.4 Å². The molecule has 7 nitrogen and oxygen atoms in total. The maximum atomic E-state index is 12.4. The molecule has 0 radical (unpaired) electrons. The number of aryl methyl sites for hydroxylation is 1. The Kier molecular flexibility index (Phi) is 4.38. The van der Waals surface area contributed by atoms with Gasteiger partial charge in [-0.2, -0.15) is 5.10 Å². The number of anilines is 2. The Morgan fingerprint density at radius 1 is 1.20 bits per heavy atom. The number of aromatic nitrogens is 5. The van der Waals surface area contributed by atoms with Crippen molar-refractivity contribution in [1.82, 2.24) is 24.3 Å². The van der Waals surface area contributed by atoms with Crippen molar-refractivity contribution < 1.29 is 4.79 Å². The van der Waals surface area contributed by atoms with Gasteiger partial charge >= 0.3 is 0 Å². The molecule has 0 amide bonds. The van der Waals surface area contributed by atoms with Crippen LogP contribution in [0, 0.1) is 12.8 Å². The van der Waals surface area contributed by atoms with Gasteiger partial charge in [-0.05, 0) is 63.4 Å². The number of nitrogens with one attached hydrogen (secondary N) is 1. The van der Waals surface area contributed by atoms with Gasteiger partial charge in [0.05, 0.1) is 17.4 Å². The zero-order valence-electron chi connectivity index (χ0n) is 17.3. The van der Waals surface area contributed by atoms with Gasteiger partial charge < -0.3 is 5.32 Å². The van der Waals surface area contributed by atoms with Crippen LogP contribution in [-0.4, -0.2) is 30.2 Å². The number of fused-ring (bicyclic) bond motifs is 1. The summed E-state index contributed by atoms with van der Waals surface area (Å²) in [6.07, 6.45) is 9.53. The predicted octanol–water partition coefficient (Wildman–Crippen LogP) is 4.98. The molecule has 1 aromatic carbocycles. The Bertz CT molecular complexity index is 1250. The molecule has 0 unspecified atom stereocenters. The van der Waals surface area contributed by atoms with Gasteiger partial charge in [-0.15, -0.1) is 0 Å². The van der Waals surface area contributed by atoms with Crippen LogP contribution in [0.3, 0.4) is 0 Å². The van der Waals surface area contributed by atoms with Crippen molar-refractivity contribution in [1.29, 1.82) is 0 Å². The molecule has 1 saturated carbocycles. The molecular weight excluding hydrogens is 376 g/mol. The number of rotatable bonds is 5. The molecule has 30 heavy (non-hydrogen) atoms. The SMILES string of the molecule is Cc1cnc(Nc2ccc3c(ccn3C(=O)C3CC3)c2)nc1-c1cnn(C(C)C)c1. The topological polar surface area (TPSA) is 77.6 Å². The second-order valence-corrected chi connectivity index (χ2v) is 8.22. The van der Waals surface area contributed by atoms with Gasteiger partial charge in [0, 0.05) is 47.2 Å². The highest BCUT2D eigenvalue weighted by Gasteiger charge is 2.31. The molecule has 0 spiro atoms. The van der Waals surface area contributed by atoms with Crippen molar-refractivity contribution in [3.05, 3.63) is 54.6 Å². The highest BCUT2D eigenvalue weighted by molar-refractivity contribution is 5.95. The zero-order chi connectivity index (χ0) is 20.8. The molecule has 152 valence electrons. The minimum Gasteiger partial charge on any atom is -0.324 e.